The van der Waals surface area contributed by atoms with Crippen molar-refractivity contribution in [1.29, 1.82) is 0 Å². The number of amides is 2. The van der Waals surface area contributed by atoms with Crippen LogP contribution in [0.1, 0.15) is 40.7 Å². The molecule has 4 aromatic carbocycles. The quantitative estimate of drug-likeness (QED) is 0.245. The third-order valence-corrected chi connectivity index (χ3v) is 7.78. The number of carbonyl (C=O) groups is 2. The minimum atomic E-state index is -0.274. The van der Waals surface area contributed by atoms with E-state index in [2.05, 4.69) is 26.5 Å². The van der Waals surface area contributed by atoms with Gasteiger partial charge in [-0.1, -0.05) is 79.7 Å². The van der Waals surface area contributed by atoms with Crippen LogP contribution in [0.15, 0.2) is 103 Å². The first-order valence-electron chi connectivity index (χ1n) is 14.5. The van der Waals surface area contributed by atoms with Crippen molar-refractivity contribution in [2.24, 2.45) is 0 Å². The number of benzene rings is 4. The molecule has 0 spiro atoms. The van der Waals surface area contributed by atoms with Gasteiger partial charge in [-0.2, -0.15) is 0 Å². The molecule has 1 aliphatic rings. The Morgan fingerprint density at radius 2 is 1.40 bits per heavy atom. The minimum Gasteiger partial charge on any atom is -0.495 e. The second-order valence-electron chi connectivity index (χ2n) is 10.4. The van der Waals surface area contributed by atoms with Crippen LogP contribution in [-0.2, 0) is 11.3 Å². The number of anilines is 3. The van der Waals surface area contributed by atoms with Crippen LogP contribution >= 0.6 is 0 Å². The average Bonchev–Trinajstić information content (AvgIpc) is 3.05. The minimum absolute atomic E-state index is 0.0856. The van der Waals surface area contributed by atoms with Crippen molar-refractivity contribution in [2.75, 3.05) is 48.4 Å². The molecule has 0 aliphatic carbocycles. The molecule has 1 heterocycles. The summed E-state index contributed by atoms with van der Waals surface area (Å²) >= 11 is 0. The van der Waals surface area contributed by atoms with Gasteiger partial charge in [0.15, 0.2) is 0 Å². The molecule has 2 N–H and O–H groups in total. The van der Waals surface area contributed by atoms with E-state index in [1.165, 1.54) is 0 Å². The smallest absolute Gasteiger partial charge is 0.253 e. The van der Waals surface area contributed by atoms with E-state index in [4.69, 9.17) is 4.74 Å². The van der Waals surface area contributed by atoms with Crippen molar-refractivity contribution in [1.82, 2.24) is 5.32 Å². The number of ether oxygens (including phenoxy) is 1. The highest BCUT2D eigenvalue weighted by Crippen LogP contribution is 2.31. The zero-order valence-corrected chi connectivity index (χ0v) is 24.3. The maximum atomic E-state index is 13.6. The lowest BCUT2D eigenvalue weighted by Crippen LogP contribution is -2.47. The van der Waals surface area contributed by atoms with Crippen LogP contribution in [0.5, 0.6) is 5.75 Å². The summed E-state index contributed by atoms with van der Waals surface area (Å²) in [6, 6.07) is 33.4. The van der Waals surface area contributed by atoms with Crippen LogP contribution < -0.4 is 25.2 Å². The SMILES string of the molecule is CC[C@@H](C(=O)Nc1ccc(N2CCN(c3ccccc3OC)CC2)c(C(=O)NCc2ccccc2)c1)c1ccccc1. The summed E-state index contributed by atoms with van der Waals surface area (Å²) in [5, 5.41) is 6.15. The molecule has 0 bridgehead atoms. The van der Waals surface area contributed by atoms with Crippen LogP contribution in [-0.4, -0.2) is 45.1 Å². The van der Waals surface area contributed by atoms with E-state index in [1.54, 1.807) is 13.2 Å². The molecular weight excluding hydrogens is 524 g/mol. The summed E-state index contributed by atoms with van der Waals surface area (Å²) in [4.78, 5) is 31.5. The summed E-state index contributed by atoms with van der Waals surface area (Å²) in [5.41, 5.74) is 5.08. The molecule has 2 amide bonds. The van der Waals surface area contributed by atoms with Gasteiger partial charge in [0.25, 0.3) is 5.91 Å². The standard InChI is InChI=1S/C35H38N4O3/c1-3-29(27-14-8-5-9-15-27)35(41)37-28-18-19-31(30(24-28)34(40)36-25-26-12-6-4-7-13-26)38-20-22-39(23-21-38)32-16-10-11-17-33(32)42-2/h4-19,24,29H,3,20-23,25H2,1-2H3,(H,36,40)(H,37,41)/t29-/m1/s1. The van der Waals surface area contributed by atoms with Gasteiger partial charge in [-0.3, -0.25) is 9.59 Å². The first kappa shape index (κ1) is 28.7. The molecular formula is C35H38N4O3. The zero-order chi connectivity index (χ0) is 29.3. The Labute approximate surface area is 248 Å². The molecule has 0 saturated carbocycles. The fraction of sp³-hybridized carbons (Fsp3) is 0.257. The lowest BCUT2D eigenvalue weighted by molar-refractivity contribution is -0.117. The van der Waals surface area contributed by atoms with Gasteiger partial charge in [0.05, 0.1) is 24.3 Å². The molecule has 0 unspecified atom stereocenters. The molecule has 1 saturated heterocycles. The highest BCUT2D eigenvalue weighted by atomic mass is 16.5. The van der Waals surface area contributed by atoms with Crippen LogP contribution in [0.3, 0.4) is 0 Å². The van der Waals surface area contributed by atoms with E-state index in [0.717, 1.165) is 54.4 Å². The number of nitrogens with zero attached hydrogens (tertiary/aromatic N) is 2. The molecule has 5 rings (SSSR count). The summed E-state index contributed by atoms with van der Waals surface area (Å²) in [7, 11) is 1.69. The molecule has 0 aromatic heterocycles. The van der Waals surface area contributed by atoms with Crippen LogP contribution in [0.4, 0.5) is 17.1 Å². The van der Waals surface area contributed by atoms with Crippen molar-refractivity contribution < 1.29 is 14.3 Å². The van der Waals surface area contributed by atoms with Gasteiger partial charge in [-0.05, 0) is 47.9 Å². The lowest BCUT2D eigenvalue weighted by atomic mass is 9.95. The molecule has 216 valence electrons. The first-order valence-corrected chi connectivity index (χ1v) is 14.5. The summed E-state index contributed by atoms with van der Waals surface area (Å²) in [6.07, 6.45) is 0.675. The Balaban J connectivity index is 1.36. The summed E-state index contributed by atoms with van der Waals surface area (Å²) in [5.74, 6) is 0.321. The number of rotatable bonds is 10. The molecule has 1 aliphatic heterocycles. The summed E-state index contributed by atoms with van der Waals surface area (Å²) in [6.45, 7) is 5.50. The first-order chi connectivity index (χ1) is 20.6. The van der Waals surface area contributed by atoms with Crippen LogP contribution in [0, 0.1) is 0 Å². The molecule has 0 radical (unpaired) electrons. The number of methoxy groups -OCH3 is 1. The van der Waals surface area contributed by atoms with E-state index in [0.29, 0.717) is 24.2 Å². The molecule has 42 heavy (non-hydrogen) atoms. The topological polar surface area (TPSA) is 73.9 Å². The van der Waals surface area contributed by atoms with Crippen molar-refractivity contribution in [3.63, 3.8) is 0 Å². The van der Waals surface area contributed by atoms with Gasteiger partial charge in [0, 0.05) is 44.1 Å². The van der Waals surface area contributed by atoms with Crippen molar-refractivity contribution in [3.05, 3.63) is 120 Å². The number of hydrogen-bond donors (Lipinski definition) is 2. The monoisotopic (exact) mass is 562 g/mol. The van der Waals surface area contributed by atoms with Gasteiger partial charge in [-0.25, -0.2) is 0 Å². The zero-order valence-electron chi connectivity index (χ0n) is 24.3. The molecule has 7 heteroatoms. The fourth-order valence-corrected chi connectivity index (χ4v) is 5.51. The Morgan fingerprint density at radius 1 is 0.786 bits per heavy atom. The van der Waals surface area contributed by atoms with E-state index < -0.39 is 0 Å². The van der Waals surface area contributed by atoms with Gasteiger partial charge < -0.3 is 25.2 Å². The van der Waals surface area contributed by atoms with E-state index in [-0.39, 0.29) is 17.7 Å². The van der Waals surface area contributed by atoms with E-state index in [9.17, 15) is 9.59 Å². The molecule has 4 aromatic rings. The second-order valence-corrected chi connectivity index (χ2v) is 10.4. The maximum Gasteiger partial charge on any atom is 0.253 e. The predicted octanol–water partition coefficient (Wildman–Crippen LogP) is 6.08. The number of hydrogen-bond acceptors (Lipinski definition) is 5. The summed E-state index contributed by atoms with van der Waals surface area (Å²) < 4.78 is 5.58. The normalized spacial score (nSPS) is 13.8. The highest BCUT2D eigenvalue weighted by molar-refractivity contribution is 6.03. The Morgan fingerprint density at radius 3 is 2.07 bits per heavy atom. The van der Waals surface area contributed by atoms with Gasteiger partial charge in [0.2, 0.25) is 5.91 Å². The van der Waals surface area contributed by atoms with E-state index >= 15 is 0 Å². The lowest BCUT2D eigenvalue weighted by Gasteiger charge is -2.38. The van der Waals surface area contributed by atoms with Gasteiger partial charge in [0.1, 0.15) is 5.75 Å². The van der Waals surface area contributed by atoms with Crippen molar-refractivity contribution in [3.8, 4) is 5.75 Å². The Bertz CT molecular complexity index is 1480. The highest BCUT2D eigenvalue weighted by Gasteiger charge is 2.25. The number of nitrogens with one attached hydrogen (secondary N) is 2. The van der Waals surface area contributed by atoms with Gasteiger partial charge in [-0.15, -0.1) is 0 Å². The maximum absolute atomic E-state index is 13.6. The van der Waals surface area contributed by atoms with Crippen molar-refractivity contribution in [2.45, 2.75) is 25.8 Å². The van der Waals surface area contributed by atoms with Gasteiger partial charge >= 0.3 is 0 Å². The van der Waals surface area contributed by atoms with Crippen molar-refractivity contribution >= 4 is 28.9 Å². The van der Waals surface area contributed by atoms with Crippen LogP contribution in [0.2, 0.25) is 0 Å². The Kier molecular flexibility index (Phi) is 9.39. The Hall–Kier alpha value is -4.78. The molecule has 1 fully saturated rings. The third-order valence-electron chi connectivity index (χ3n) is 7.78. The number of carbonyl (C=O) groups excluding carboxylic acids is 2. The molecule has 7 nitrogen and oxygen atoms in total. The largest absolute Gasteiger partial charge is 0.495 e. The molecule has 1 atom stereocenters. The number of para-hydroxylation sites is 2. The number of piperazine rings is 1. The van der Waals surface area contributed by atoms with Crippen LogP contribution in [0.25, 0.3) is 0 Å². The average molecular weight is 563 g/mol. The second kappa shape index (κ2) is 13.7. The fourth-order valence-electron chi connectivity index (χ4n) is 5.51. The third kappa shape index (κ3) is 6.74. The predicted molar refractivity (Wildman–Crippen MR) is 170 cm³/mol. The van der Waals surface area contributed by atoms with E-state index in [1.807, 2.05) is 97.9 Å².